The standard InChI is InChI=1S/C15H23NO/c1-3-5-6-7-12-17-16-13-15-10-8-14(4-2)9-11-15/h8-11,13H,3-7,12H2,1-2H3. The predicted octanol–water partition coefficient (Wildman–Crippen LogP) is 4.18. The number of hydrogen-bond acceptors (Lipinski definition) is 2. The largest absolute Gasteiger partial charge is 0.396 e. The quantitative estimate of drug-likeness (QED) is 0.375. The molecule has 1 aromatic rings. The Labute approximate surface area is 105 Å². The van der Waals surface area contributed by atoms with Crippen molar-refractivity contribution in [3.8, 4) is 0 Å². The molecule has 0 unspecified atom stereocenters. The van der Waals surface area contributed by atoms with E-state index < -0.39 is 0 Å². The van der Waals surface area contributed by atoms with Crippen LogP contribution >= 0.6 is 0 Å². The van der Waals surface area contributed by atoms with E-state index in [-0.39, 0.29) is 0 Å². The van der Waals surface area contributed by atoms with E-state index in [4.69, 9.17) is 4.84 Å². The van der Waals surface area contributed by atoms with Gasteiger partial charge in [-0.1, -0.05) is 56.1 Å². The van der Waals surface area contributed by atoms with Crippen LogP contribution in [0.4, 0.5) is 0 Å². The van der Waals surface area contributed by atoms with E-state index in [1.54, 1.807) is 6.21 Å². The topological polar surface area (TPSA) is 21.6 Å². The molecule has 0 saturated carbocycles. The Morgan fingerprint density at radius 2 is 1.82 bits per heavy atom. The fourth-order valence-electron chi connectivity index (χ4n) is 1.58. The van der Waals surface area contributed by atoms with Crippen LogP contribution in [-0.2, 0) is 11.3 Å². The van der Waals surface area contributed by atoms with Crippen molar-refractivity contribution >= 4 is 6.21 Å². The minimum absolute atomic E-state index is 0.726. The van der Waals surface area contributed by atoms with Crippen molar-refractivity contribution in [2.24, 2.45) is 5.16 Å². The Morgan fingerprint density at radius 1 is 1.06 bits per heavy atom. The molecule has 0 aliphatic carbocycles. The van der Waals surface area contributed by atoms with Gasteiger partial charge in [0.15, 0.2) is 0 Å². The van der Waals surface area contributed by atoms with Gasteiger partial charge in [-0.2, -0.15) is 0 Å². The van der Waals surface area contributed by atoms with E-state index in [1.165, 1.54) is 24.8 Å². The Bertz CT molecular complexity index is 316. The molecule has 0 amide bonds. The van der Waals surface area contributed by atoms with Crippen LogP contribution in [0.3, 0.4) is 0 Å². The third-order valence-electron chi connectivity index (χ3n) is 2.75. The van der Waals surface area contributed by atoms with Gasteiger partial charge in [-0.15, -0.1) is 0 Å². The highest BCUT2D eigenvalue weighted by molar-refractivity contribution is 5.79. The van der Waals surface area contributed by atoms with Crippen LogP contribution in [-0.4, -0.2) is 12.8 Å². The molecule has 0 radical (unpaired) electrons. The molecule has 94 valence electrons. The summed E-state index contributed by atoms with van der Waals surface area (Å²) in [6.07, 6.45) is 7.72. The Morgan fingerprint density at radius 3 is 2.47 bits per heavy atom. The molecule has 0 spiro atoms. The van der Waals surface area contributed by atoms with Gasteiger partial charge >= 0.3 is 0 Å². The van der Waals surface area contributed by atoms with Gasteiger partial charge < -0.3 is 4.84 Å². The van der Waals surface area contributed by atoms with Crippen molar-refractivity contribution in [3.05, 3.63) is 35.4 Å². The van der Waals surface area contributed by atoms with Gasteiger partial charge in [0.1, 0.15) is 6.61 Å². The summed E-state index contributed by atoms with van der Waals surface area (Å²) in [6.45, 7) is 5.09. The third kappa shape index (κ3) is 6.10. The van der Waals surface area contributed by atoms with Crippen LogP contribution in [0.15, 0.2) is 29.4 Å². The molecule has 0 saturated heterocycles. The Hall–Kier alpha value is -1.31. The highest BCUT2D eigenvalue weighted by Gasteiger charge is 1.90. The minimum atomic E-state index is 0.726. The van der Waals surface area contributed by atoms with Crippen LogP contribution in [0, 0.1) is 0 Å². The number of benzene rings is 1. The van der Waals surface area contributed by atoms with Crippen LogP contribution in [0.1, 0.15) is 50.7 Å². The molecular formula is C15H23NO. The van der Waals surface area contributed by atoms with Gasteiger partial charge in [0.25, 0.3) is 0 Å². The number of oxime groups is 1. The van der Waals surface area contributed by atoms with Crippen LogP contribution < -0.4 is 0 Å². The molecular weight excluding hydrogens is 210 g/mol. The van der Waals surface area contributed by atoms with Gasteiger partial charge in [-0.25, -0.2) is 0 Å². The van der Waals surface area contributed by atoms with Crippen LogP contribution in [0.2, 0.25) is 0 Å². The molecule has 0 aliphatic rings. The number of unbranched alkanes of at least 4 members (excludes halogenated alkanes) is 3. The van der Waals surface area contributed by atoms with Gasteiger partial charge in [0.05, 0.1) is 6.21 Å². The first-order valence-electron chi connectivity index (χ1n) is 6.61. The third-order valence-corrected chi connectivity index (χ3v) is 2.75. The maximum absolute atomic E-state index is 5.21. The van der Waals surface area contributed by atoms with Crippen molar-refractivity contribution in [3.63, 3.8) is 0 Å². The molecule has 0 atom stereocenters. The van der Waals surface area contributed by atoms with E-state index in [9.17, 15) is 0 Å². The van der Waals surface area contributed by atoms with Crippen molar-refractivity contribution in [1.82, 2.24) is 0 Å². The van der Waals surface area contributed by atoms with Gasteiger partial charge in [-0.05, 0) is 30.4 Å². The number of rotatable bonds is 8. The van der Waals surface area contributed by atoms with Crippen molar-refractivity contribution in [2.75, 3.05) is 6.61 Å². The molecule has 2 heteroatoms. The molecule has 0 aromatic heterocycles. The maximum Gasteiger partial charge on any atom is 0.117 e. The fourth-order valence-corrected chi connectivity index (χ4v) is 1.58. The predicted molar refractivity (Wildman–Crippen MR) is 73.5 cm³/mol. The zero-order valence-electron chi connectivity index (χ0n) is 11.0. The summed E-state index contributed by atoms with van der Waals surface area (Å²) in [5.41, 5.74) is 2.44. The Balaban J connectivity index is 2.19. The van der Waals surface area contributed by atoms with Crippen molar-refractivity contribution in [1.29, 1.82) is 0 Å². The minimum Gasteiger partial charge on any atom is -0.396 e. The zero-order valence-corrected chi connectivity index (χ0v) is 11.0. The van der Waals surface area contributed by atoms with Gasteiger partial charge in [0, 0.05) is 0 Å². The van der Waals surface area contributed by atoms with Gasteiger partial charge in [0.2, 0.25) is 0 Å². The number of nitrogens with zero attached hydrogens (tertiary/aromatic N) is 1. The normalized spacial score (nSPS) is 10.9. The van der Waals surface area contributed by atoms with Crippen molar-refractivity contribution in [2.45, 2.75) is 46.0 Å². The molecule has 0 aliphatic heterocycles. The molecule has 1 aromatic carbocycles. The van der Waals surface area contributed by atoms with Crippen LogP contribution in [0.25, 0.3) is 0 Å². The maximum atomic E-state index is 5.21. The highest BCUT2D eigenvalue weighted by Crippen LogP contribution is 2.03. The van der Waals surface area contributed by atoms with E-state index in [1.807, 2.05) is 0 Å². The first kappa shape index (κ1) is 13.8. The second kappa shape index (κ2) is 8.80. The van der Waals surface area contributed by atoms with E-state index in [0.29, 0.717) is 0 Å². The highest BCUT2D eigenvalue weighted by atomic mass is 16.6. The number of hydrogen-bond donors (Lipinski definition) is 0. The molecule has 1 rings (SSSR count). The summed E-state index contributed by atoms with van der Waals surface area (Å²) in [4.78, 5) is 5.21. The monoisotopic (exact) mass is 233 g/mol. The smallest absolute Gasteiger partial charge is 0.117 e. The lowest BCUT2D eigenvalue weighted by Gasteiger charge is -1.99. The first-order chi connectivity index (χ1) is 8.36. The summed E-state index contributed by atoms with van der Waals surface area (Å²) < 4.78 is 0. The molecule has 0 heterocycles. The average molecular weight is 233 g/mol. The summed E-state index contributed by atoms with van der Waals surface area (Å²) in [5.74, 6) is 0. The molecule has 17 heavy (non-hydrogen) atoms. The summed E-state index contributed by atoms with van der Waals surface area (Å²) in [7, 11) is 0. The molecule has 0 bridgehead atoms. The molecule has 0 fully saturated rings. The van der Waals surface area contributed by atoms with Gasteiger partial charge in [-0.3, -0.25) is 0 Å². The fraction of sp³-hybridized carbons (Fsp3) is 0.533. The lowest BCUT2D eigenvalue weighted by molar-refractivity contribution is 0.141. The molecule has 2 nitrogen and oxygen atoms in total. The summed E-state index contributed by atoms with van der Waals surface area (Å²) >= 11 is 0. The summed E-state index contributed by atoms with van der Waals surface area (Å²) in [5, 5.41) is 3.97. The van der Waals surface area contributed by atoms with E-state index >= 15 is 0 Å². The zero-order chi connectivity index (χ0) is 12.3. The second-order valence-corrected chi connectivity index (χ2v) is 4.22. The van der Waals surface area contributed by atoms with E-state index in [2.05, 4.69) is 43.3 Å². The van der Waals surface area contributed by atoms with Crippen molar-refractivity contribution < 1.29 is 4.84 Å². The van der Waals surface area contributed by atoms with E-state index in [0.717, 1.165) is 25.0 Å². The SMILES string of the molecule is CCCCCCON=Cc1ccc(CC)cc1. The Kier molecular flexibility index (Phi) is 7.12. The average Bonchev–Trinajstić information content (AvgIpc) is 2.38. The lowest BCUT2D eigenvalue weighted by atomic mass is 10.1. The van der Waals surface area contributed by atoms with Crippen LogP contribution in [0.5, 0.6) is 0 Å². The second-order valence-electron chi connectivity index (χ2n) is 4.22. The number of aryl methyl sites for hydroxylation is 1. The lowest BCUT2D eigenvalue weighted by Crippen LogP contribution is -1.90. The first-order valence-corrected chi connectivity index (χ1v) is 6.61. The molecule has 0 N–H and O–H groups in total. The summed E-state index contributed by atoms with van der Waals surface area (Å²) in [6, 6.07) is 8.40.